The molecule has 0 spiro atoms. The average molecular weight is 541 g/mol. The second kappa shape index (κ2) is 11.7. The Morgan fingerprint density at radius 1 is 1.08 bits per heavy atom. The van der Waals surface area contributed by atoms with Crippen LogP contribution in [0.2, 0.25) is 5.02 Å². The van der Waals surface area contributed by atoms with Crippen LogP contribution in [0.5, 0.6) is 0 Å². The van der Waals surface area contributed by atoms with E-state index in [2.05, 4.69) is 34.4 Å². The van der Waals surface area contributed by atoms with Gasteiger partial charge in [-0.3, -0.25) is 23.9 Å². The van der Waals surface area contributed by atoms with Gasteiger partial charge in [0.25, 0.3) is 17.7 Å². The normalized spacial score (nSPS) is 17.7. The zero-order valence-electron chi connectivity index (χ0n) is 21.2. The zero-order chi connectivity index (χ0) is 27.4. The lowest BCUT2D eigenvalue weighted by molar-refractivity contribution is 0.0878. The first-order chi connectivity index (χ1) is 18.2. The molecular formula is C27H30ClFN6O3. The molecule has 0 radical (unpaired) electrons. The van der Waals surface area contributed by atoms with Gasteiger partial charge in [-0.2, -0.15) is 0 Å². The summed E-state index contributed by atoms with van der Waals surface area (Å²) in [5, 5.41) is 5.53. The number of hydrogen-bond acceptors (Lipinski definition) is 5. The highest BCUT2D eigenvalue weighted by molar-refractivity contribution is 6.34. The summed E-state index contributed by atoms with van der Waals surface area (Å²) in [5.41, 5.74) is 6.60. The number of hydrogen-bond donors (Lipinski definition) is 3. The van der Waals surface area contributed by atoms with Crippen molar-refractivity contribution in [2.75, 3.05) is 18.4 Å². The number of anilines is 1. The van der Waals surface area contributed by atoms with Crippen molar-refractivity contribution < 1.29 is 18.8 Å². The van der Waals surface area contributed by atoms with Crippen molar-refractivity contribution in [2.45, 2.75) is 45.2 Å². The Hall–Kier alpha value is -3.76. The van der Waals surface area contributed by atoms with Gasteiger partial charge in [0.15, 0.2) is 5.69 Å². The summed E-state index contributed by atoms with van der Waals surface area (Å²) >= 11 is 5.96. The first-order valence-corrected chi connectivity index (χ1v) is 12.8. The molecule has 2 heterocycles. The Labute approximate surface area is 225 Å². The molecule has 0 saturated carbocycles. The Balaban J connectivity index is 1.44. The lowest BCUT2D eigenvalue weighted by Gasteiger charge is -2.38. The number of nitrogens with one attached hydrogen (secondary N) is 2. The minimum atomic E-state index is -0.797. The van der Waals surface area contributed by atoms with Gasteiger partial charge in [0.05, 0.1) is 10.6 Å². The van der Waals surface area contributed by atoms with Gasteiger partial charge in [0.2, 0.25) is 0 Å². The smallest absolute Gasteiger partial charge is 0.272 e. The van der Waals surface area contributed by atoms with Gasteiger partial charge in [-0.15, -0.1) is 0 Å². The lowest BCUT2D eigenvalue weighted by Crippen LogP contribution is -2.47. The van der Waals surface area contributed by atoms with Gasteiger partial charge in [0.1, 0.15) is 17.8 Å². The van der Waals surface area contributed by atoms with Crippen LogP contribution < -0.4 is 16.4 Å². The molecule has 38 heavy (non-hydrogen) atoms. The standard InChI is InChI=1S/C27H30ClFN6O3/c1-16-4-3-5-17(2)34(16)13-12-31-27(38)23-24(25(30)36)35(15-32-23)20-9-7-19(8-10-20)33-26(37)21-11-6-18(29)14-22(21)28/h6-11,14-17H,3-5,12-13H2,1-2H3,(H2,30,36)(H,31,38)(H,33,37). The number of primary amides is 1. The molecule has 1 saturated heterocycles. The summed E-state index contributed by atoms with van der Waals surface area (Å²) in [6, 6.07) is 10.9. The topological polar surface area (TPSA) is 122 Å². The van der Waals surface area contributed by atoms with Crippen molar-refractivity contribution >= 4 is 35.0 Å². The molecule has 1 aliphatic rings. The van der Waals surface area contributed by atoms with E-state index in [0.29, 0.717) is 36.5 Å². The maximum absolute atomic E-state index is 13.3. The van der Waals surface area contributed by atoms with Crippen LogP contribution in [-0.2, 0) is 0 Å². The van der Waals surface area contributed by atoms with E-state index in [1.54, 1.807) is 24.3 Å². The van der Waals surface area contributed by atoms with Crippen molar-refractivity contribution in [2.24, 2.45) is 5.73 Å². The molecule has 3 amide bonds. The van der Waals surface area contributed by atoms with Crippen molar-refractivity contribution in [3.8, 4) is 5.69 Å². The molecule has 1 aliphatic heterocycles. The molecule has 0 aliphatic carbocycles. The van der Waals surface area contributed by atoms with Crippen molar-refractivity contribution in [3.05, 3.63) is 76.6 Å². The minimum Gasteiger partial charge on any atom is -0.364 e. The number of rotatable bonds is 8. The maximum atomic E-state index is 13.3. The molecule has 2 unspecified atom stereocenters. The molecule has 1 fully saturated rings. The zero-order valence-corrected chi connectivity index (χ0v) is 22.0. The SMILES string of the molecule is CC1CCCC(C)N1CCNC(=O)c1ncn(-c2ccc(NC(=O)c3ccc(F)cc3Cl)cc2)c1C(N)=O. The Morgan fingerprint density at radius 3 is 2.39 bits per heavy atom. The van der Waals surface area contributed by atoms with Gasteiger partial charge in [-0.1, -0.05) is 18.0 Å². The monoisotopic (exact) mass is 540 g/mol. The van der Waals surface area contributed by atoms with Crippen molar-refractivity contribution in [1.29, 1.82) is 0 Å². The number of benzene rings is 2. The van der Waals surface area contributed by atoms with Crippen LogP contribution in [0.1, 0.15) is 64.4 Å². The molecule has 1 aromatic heterocycles. The number of nitrogens with zero attached hydrogens (tertiary/aromatic N) is 3. The molecule has 9 nitrogen and oxygen atoms in total. The van der Waals surface area contributed by atoms with Crippen LogP contribution >= 0.6 is 11.6 Å². The van der Waals surface area contributed by atoms with E-state index in [-0.39, 0.29) is 22.0 Å². The van der Waals surface area contributed by atoms with E-state index >= 15 is 0 Å². The second-order valence-electron chi connectivity index (χ2n) is 9.42. The predicted molar refractivity (Wildman–Crippen MR) is 143 cm³/mol. The first-order valence-electron chi connectivity index (χ1n) is 12.4. The molecule has 4 N–H and O–H groups in total. The number of carbonyl (C=O) groups is 3. The van der Waals surface area contributed by atoms with Gasteiger partial charge in [-0.25, -0.2) is 9.37 Å². The Kier molecular flexibility index (Phi) is 8.43. The van der Waals surface area contributed by atoms with E-state index in [9.17, 15) is 18.8 Å². The van der Waals surface area contributed by atoms with E-state index in [0.717, 1.165) is 25.0 Å². The fourth-order valence-electron chi connectivity index (χ4n) is 4.82. The molecule has 11 heteroatoms. The summed E-state index contributed by atoms with van der Waals surface area (Å²) in [6.07, 6.45) is 4.84. The van der Waals surface area contributed by atoms with Gasteiger partial charge >= 0.3 is 0 Å². The van der Waals surface area contributed by atoms with Crippen molar-refractivity contribution in [1.82, 2.24) is 19.8 Å². The lowest BCUT2D eigenvalue weighted by atomic mass is 9.98. The largest absolute Gasteiger partial charge is 0.364 e. The number of imidazole rings is 1. The summed E-state index contributed by atoms with van der Waals surface area (Å²) in [5.74, 6) is -2.32. The number of amides is 3. The summed E-state index contributed by atoms with van der Waals surface area (Å²) in [6.45, 7) is 5.51. The number of carbonyl (C=O) groups excluding carboxylic acids is 3. The molecule has 200 valence electrons. The summed E-state index contributed by atoms with van der Waals surface area (Å²) < 4.78 is 14.7. The van der Waals surface area contributed by atoms with Gasteiger partial charge < -0.3 is 16.4 Å². The number of halogens is 2. The fraction of sp³-hybridized carbons (Fsp3) is 0.333. The van der Waals surface area contributed by atoms with Crippen LogP contribution in [0, 0.1) is 5.82 Å². The van der Waals surface area contributed by atoms with E-state index in [1.165, 1.54) is 23.4 Å². The highest BCUT2D eigenvalue weighted by Crippen LogP contribution is 2.23. The molecule has 3 aromatic rings. The van der Waals surface area contributed by atoms with Crippen molar-refractivity contribution in [3.63, 3.8) is 0 Å². The van der Waals surface area contributed by atoms with Crippen LogP contribution in [-0.4, -0.2) is 57.3 Å². The Morgan fingerprint density at radius 2 is 1.76 bits per heavy atom. The Bertz CT molecular complexity index is 1330. The summed E-state index contributed by atoms with van der Waals surface area (Å²) in [7, 11) is 0. The maximum Gasteiger partial charge on any atom is 0.272 e. The van der Waals surface area contributed by atoms with Gasteiger partial charge in [-0.05, 0) is 69.2 Å². The molecule has 4 rings (SSSR count). The van der Waals surface area contributed by atoms with Crippen LogP contribution in [0.25, 0.3) is 5.69 Å². The number of aromatic nitrogens is 2. The second-order valence-corrected chi connectivity index (χ2v) is 9.83. The first kappa shape index (κ1) is 27.3. The number of nitrogens with two attached hydrogens (primary N) is 1. The third kappa shape index (κ3) is 6.03. The third-order valence-electron chi connectivity index (χ3n) is 6.83. The number of piperidine rings is 1. The van der Waals surface area contributed by atoms with Crippen LogP contribution in [0.4, 0.5) is 10.1 Å². The van der Waals surface area contributed by atoms with E-state index in [1.807, 2.05) is 0 Å². The highest BCUT2D eigenvalue weighted by Gasteiger charge is 2.26. The third-order valence-corrected chi connectivity index (χ3v) is 7.14. The quantitative estimate of drug-likeness (QED) is 0.398. The average Bonchev–Trinajstić information content (AvgIpc) is 3.32. The fourth-order valence-corrected chi connectivity index (χ4v) is 5.07. The van der Waals surface area contributed by atoms with Crippen LogP contribution in [0.15, 0.2) is 48.8 Å². The summed E-state index contributed by atoms with van der Waals surface area (Å²) in [4.78, 5) is 44.2. The van der Waals surface area contributed by atoms with Crippen LogP contribution in [0.3, 0.4) is 0 Å². The van der Waals surface area contributed by atoms with E-state index < -0.39 is 23.5 Å². The minimum absolute atomic E-state index is 0.00519. The molecule has 0 bridgehead atoms. The highest BCUT2D eigenvalue weighted by atomic mass is 35.5. The molecular weight excluding hydrogens is 511 g/mol. The van der Waals surface area contributed by atoms with E-state index in [4.69, 9.17) is 17.3 Å². The predicted octanol–water partition coefficient (Wildman–Crippen LogP) is 4.01. The molecule has 2 atom stereocenters. The molecule has 2 aromatic carbocycles. The number of likely N-dealkylation sites (tertiary alicyclic amines) is 1. The van der Waals surface area contributed by atoms with Gasteiger partial charge in [0, 0.05) is 36.5 Å².